The van der Waals surface area contributed by atoms with Crippen molar-refractivity contribution >= 4 is 52.9 Å². The van der Waals surface area contributed by atoms with Gasteiger partial charge in [-0.1, -0.05) is 15.9 Å². The van der Waals surface area contributed by atoms with Crippen molar-refractivity contribution in [2.75, 3.05) is 26.2 Å². The highest BCUT2D eigenvalue weighted by Gasteiger charge is 2.32. The Morgan fingerprint density at radius 3 is 2.42 bits per heavy atom. The normalized spacial score (nSPS) is 16.1. The highest BCUT2D eigenvalue weighted by atomic mass is 79.9. The molecule has 31 heavy (non-hydrogen) atoms. The van der Waals surface area contributed by atoms with Crippen LogP contribution in [0.2, 0.25) is 0 Å². The fourth-order valence-electron chi connectivity index (χ4n) is 3.93. The average molecular weight is 571 g/mol. The summed E-state index contributed by atoms with van der Waals surface area (Å²) in [5, 5.41) is 0.948. The van der Waals surface area contributed by atoms with Crippen LogP contribution in [-0.2, 0) is 16.6 Å². The number of aryl methyl sites for hydroxylation is 2. The van der Waals surface area contributed by atoms with Gasteiger partial charge in [0.2, 0.25) is 10.0 Å². The second-order valence-electron chi connectivity index (χ2n) is 7.93. The molecular formula is C22H23Br2N2O4S+. The molecule has 1 aliphatic heterocycles. The zero-order valence-corrected chi connectivity index (χ0v) is 21.2. The molecule has 3 aromatic rings. The maximum atomic E-state index is 13.1. The topological polar surface area (TPSA) is 72.0 Å². The number of quaternary nitrogens is 1. The number of halogens is 2. The zero-order valence-electron chi connectivity index (χ0n) is 17.2. The lowest BCUT2D eigenvalue weighted by Gasteiger charge is -2.32. The molecule has 0 saturated carbocycles. The number of fused-ring (bicyclic) bond motifs is 1. The number of hydrogen-bond acceptors (Lipinski definition) is 4. The highest BCUT2D eigenvalue weighted by molar-refractivity contribution is 9.11. The lowest BCUT2D eigenvalue weighted by atomic mass is 10.0. The van der Waals surface area contributed by atoms with E-state index in [1.165, 1.54) is 9.21 Å². The number of sulfonamides is 1. The third-order valence-electron chi connectivity index (χ3n) is 5.83. The third kappa shape index (κ3) is 4.66. The van der Waals surface area contributed by atoms with Gasteiger partial charge in [-0.3, -0.25) is 0 Å². The Morgan fingerprint density at radius 1 is 1.03 bits per heavy atom. The molecule has 1 aliphatic rings. The Bertz CT molecular complexity index is 1310. The van der Waals surface area contributed by atoms with Gasteiger partial charge < -0.3 is 9.32 Å². The van der Waals surface area contributed by atoms with Crippen molar-refractivity contribution in [2.45, 2.75) is 25.3 Å². The fourth-order valence-corrected chi connectivity index (χ4v) is 6.84. The molecule has 1 fully saturated rings. The Hall–Kier alpha value is -1.52. The van der Waals surface area contributed by atoms with Gasteiger partial charge in [-0.15, -0.1) is 0 Å². The first-order valence-corrected chi connectivity index (χ1v) is 13.0. The van der Waals surface area contributed by atoms with Crippen LogP contribution in [0.1, 0.15) is 16.7 Å². The lowest BCUT2D eigenvalue weighted by Crippen LogP contribution is -3.13. The average Bonchev–Trinajstić information content (AvgIpc) is 2.71. The summed E-state index contributed by atoms with van der Waals surface area (Å²) in [6.07, 6.45) is 0. The number of rotatable bonds is 4. The summed E-state index contributed by atoms with van der Waals surface area (Å²) in [7, 11) is -3.59. The van der Waals surface area contributed by atoms with Crippen molar-refractivity contribution in [3.05, 3.63) is 72.5 Å². The van der Waals surface area contributed by atoms with Crippen LogP contribution >= 0.6 is 31.9 Å². The second kappa shape index (κ2) is 8.78. The van der Waals surface area contributed by atoms with Crippen LogP contribution in [0.25, 0.3) is 11.0 Å². The molecule has 0 radical (unpaired) electrons. The predicted octanol–water partition coefficient (Wildman–Crippen LogP) is 3.02. The Labute approximate surface area is 198 Å². The van der Waals surface area contributed by atoms with E-state index in [9.17, 15) is 13.2 Å². The summed E-state index contributed by atoms with van der Waals surface area (Å²) in [6.45, 7) is 6.87. The van der Waals surface area contributed by atoms with E-state index in [-0.39, 0.29) is 10.5 Å². The van der Waals surface area contributed by atoms with E-state index >= 15 is 0 Å². The molecule has 164 valence electrons. The molecule has 2 aromatic carbocycles. The predicted molar refractivity (Wildman–Crippen MR) is 127 cm³/mol. The van der Waals surface area contributed by atoms with Crippen molar-refractivity contribution in [3.63, 3.8) is 0 Å². The Morgan fingerprint density at radius 2 is 1.71 bits per heavy atom. The molecule has 0 bridgehead atoms. The van der Waals surface area contributed by atoms with Crippen LogP contribution in [0.4, 0.5) is 0 Å². The van der Waals surface area contributed by atoms with E-state index in [0.717, 1.165) is 26.5 Å². The smallest absolute Gasteiger partial charge is 0.336 e. The summed E-state index contributed by atoms with van der Waals surface area (Å²) < 4.78 is 34.5. The minimum Gasteiger partial charge on any atom is -0.423 e. The van der Waals surface area contributed by atoms with Gasteiger partial charge >= 0.3 is 5.63 Å². The van der Waals surface area contributed by atoms with Crippen molar-refractivity contribution in [1.29, 1.82) is 0 Å². The summed E-state index contributed by atoms with van der Waals surface area (Å²) >= 11 is 6.71. The van der Waals surface area contributed by atoms with Crippen LogP contribution in [0.5, 0.6) is 0 Å². The van der Waals surface area contributed by atoms with Crippen molar-refractivity contribution in [2.24, 2.45) is 0 Å². The van der Waals surface area contributed by atoms with E-state index in [2.05, 4.69) is 37.9 Å². The number of piperazine rings is 1. The number of benzene rings is 2. The first-order valence-electron chi connectivity index (χ1n) is 9.98. The number of hydrogen-bond donors (Lipinski definition) is 1. The summed E-state index contributed by atoms with van der Waals surface area (Å²) in [5.74, 6) is 0. The number of nitrogens with one attached hydrogen (secondary N) is 1. The van der Waals surface area contributed by atoms with E-state index in [4.69, 9.17) is 4.42 Å². The van der Waals surface area contributed by atoms with Crippen LogP contribution in [0.3, 0.4) is 0 Å². The monoisotopic (exact) mass is 569 g/mol. The Balaban J connectivity index is 1.53. The van der Waals surface area contributed by atoms with Gasteiger partial charge in [-0.25, -0.2) is 13.2 Å². The van der Waals surface area contributed by atoms with Crippen LogP contribution in [0.15, 0.2) is 59.5 Å². The van der Waals surface area contributed by atoms with E-state index in [1.54, 1.807) is 24.3 Å². The first kappa shape index (κ1) is 22.7. The minimum absolute atomic E-state index is 0.267. The molecule has 1 saturated heterocycles. The largest absolute Gasteiger partial charge is 0.423 e. The van der Waals surface area contributed by atoms with Gasteiger partial charge in [0.25, 0.3) is 0 Å². The first-order chi connectivity index (χ1) is 14.6. The van der Waals surface area contributed by atoms with Gasteiger partial charge in [0.05, 0.1) is 31.1 Å². The SMILES string of the molecule is Cc1cc2oc(=O)cc(C[NH+]3CCN(S(=O)(=O)c4cc(Br)ccc4Br)CC3)c2cc1C. The molecule has 0 spiro atoms. The quantitative estimate of drug-likeness (QED) is 0.490. The third-order valence-corrected chi connectivity index (χ3v) is 9.21. The van der Waals surface area contributed by atoms with Gasteiger partial charge in [-0.2, -0.15) is 4.31 Å². The Kier molecular flexibility index (Phi) is 6.42. The molecule has 9 heteroatoms. The van der Waals surface area contributed by atoms with E-state index in [1.807, 2.05) is 19.9 Å². The van der Waals surface area contributed by atoms with Crippen LogP contribution < -0.4 is 10.5 Å². The molecule has 0 atom stereocenters. The maximum Gasteiger partial charge on any atom is 0.336 e. The van der Waals surface area contributed by atoms with Gasteiger partial charge in [0.1, 0.15) is 12.1 Å². The summed E-state index contributed by atoms with van der Waals surface area (Å²) in [4.78, 5) is 13.6. The van der Waals surface area contributed by atoms with Gasteiger partial charge in [-0.05, 0) is 71.2 Å². The lowest BCUT2D eigenvalue weighted by molar-refractivity contribution is -0.917. The van der Waals surface area contributed by atoms with Crippen LogP contribution in [-0.4, -0.2) is 38.9 Å². The van der Waals surface area contributed by atoms with Crippen molar-refractivity contribution in [3.8, 4) is 0 Å². The van der Waals surface area contributed by atoms with Crippen LogP contribution in [0, 0.1) is 13.8 Å². The van der Waals surface area contributed by atoms with E-state index in [0.29, 0.717) is 42.8 Å². The maximum absolute atomic E-state index is 13.1. The minimum atomic E-state index is -3.59. The van der Waals surface area contributed by atoms with E-state index < -0.39 is 10.0 Å². The molecule has 0 amide bonds. The molecule has 2 heterocycles. The fraction of sp³-hybridized carbons (Fsp3) is 0.318. The molecule has 0 unspecified atom stereocenters. The molecule has 6 nitrogen and oxygen atoms in total. The molecule has 0 aliphatic carbocycles. The summed E-state index contributed by atoms with van der Waals surface area (Å²) in [5.41, 5.74) is 3.41. The summed E-state index contributed by atoms with van der Waals surface area (Å²) in [6, 6.07) is 10.7. The molecule has 1 N–H and O–H groups in total. The standard InChI is InChI=1S/C22H22Br2N2O4S/c1-14-9-18-16(11-22(27)30-20(18)10-15(14)2)13-25-5-7-26(8-6-25)31(28,29)21-12-17(23)3-4-19(21)24/h3-4,9-12H,5-8,13H2,1-2H3/p+1. The zero-order chi connectivity index (χ0) is 22.3. The molecular weight excluding hydrogens is 548 g/mol. The molecule has 1 aromatic heterocycles. The van der Waals surface area contributed by atoms with Gasteiger partial charge in [0.15, 0.2) is 0 Å². The highest BCUT2D eigenvalue weighted by Crippen LogP contribution is 2.28. The van der Waals surface area contributed by atoms with Crippen molar-refractivity contribution in [1.82, 2.24) is 4.31 Å². The van der Waals surface area contributed by atoms with Gasteiger partial charge in [0, 0.05) is 26.0 Å². The van der Waals surface area contributed by atoms with Crippen molar-refractivity contribution < 1.29 is 17.7 Å². The number of nitrogens with zero attached hydrogens (tertiary/aromatic N) is 1. The molecule has 4 rings (SSSR count). The second-order valence-corrected chi connectivity index (χ2v) is 11.6.